The SMILES string of the molecule is COc1cccc(CNn2nnnc2N)c1OCc1cccc(Cl)c1. The molecule has 3 N–H and O–H groups in total. The fourth-order valence-electron chi connectivity index (χ4n) is 2.27. The van der Waals surface area contributed by atoms with Gasteiger partial charge in [-0.1, -0.05) is 41.0 Å². The Balaban J connectivity index is 1.77. The molecule has 0 aliphatic carbocycles. The van der Waals surface area contributed by atoms with Gasteiger partial charge in [-0.15, -0.1) is 4.79 Å². The molecule has 0 amide bonds. The zero-order chi connectivity index (χ0) is 17.6. The minimum absolute atomic E-state index is 0.171. The molecule has 0 spiro atoms. The van der Waals surface area contributed by atoms with Crippen molar-refractivity contribution in [1.82, 2.24) is 20.3 Å². The molecule has 0 saturated heterocycles. The first-order valence-corrected chi connectivity index (χ1v) is 7.86. The van der Waals surface area contributed by atoms with Gasteiger partial charge < -0.3 is 20.6 Å². The lowest BCUT2D eigenvalue weighted by molar-refractivity contribution is 0.281. The number of para-hydroxylation sites is 1. The molecule has 0 atom stereocenters. The number of nitrogens with one attached hydrogen (secondary N) is 1. The number of hydrogen-bond acceptors (Lipinski definition) is 7. The Kier molecular flexibility index (Phi) is 5.20. The molecule has 9 heteroatoms. The van der Waals surface area contributed by atoms with Crippen LogP contribution in [0.1, 0.15) is 11.1 Å². The van der Waals surface area contributed by atoms with Gasteiger partial charge in [0.2, 0.25) is 0 Å². The molecule has 0 bridgehead atoms. The number of hydrogen-bond donors (Lipinski definition) is 2. The first kappa shape index (κ1) is 16.8. The van der Waals surface area contributed by atoms with Crippen molar-refractivity contribution >= 4 is 17.5 Å². The Hall–Kier alpha value is -3.00. The highest BCUT2D eigenvalue weighted by molar-refractivity contribution is 6.30. The monoisotopic (exact) mass is 360 g/mol. The minimum Gasteiger partial charge on any atom is -0.493 e. The number of tetrazole rings is 1. The predicted octanol–water partition coefficient (Wildman–Crippen LogP) is 2.24. The summed E-state index contributed by atoms with van der Waals surface area (Å²) in [5.41, 5.74) is 10.5. The maximum absolute atomic E-state index is 6.01. The zero-order valence-electron chi connectivity index (χ0n) is 13.5. The van der Waals surface area contributed by atoms with Crippen LogP contribution in [-0.4, -0.2) is 27.4 Å². The van der Waals surface area contributed by atoms with Gasteiger partial charge >= 0.3 is 0 Å². The number of rotatable bonds is 7. The maximum atomic E-state index is 6.01. The first-order valence-electron chi connectivity index (χ1n) is 7.48. The van der Waals surface area contributed by atoms with Crippen molar-refractivity contribution < 1.29 is 9.47 Å². The lowest BCUT2D eigenvalue weighted by Gasteiger charge is -2.16. The molecule has 1 aromatic heterocycles. The molecule has 25 heavy (non-hydrogen) atoms. The van der Waals surface area contributed by atoms with Crippen molar-refractivity contribution in [1.29, 1.82) is 0 Å². The lowest BCUT2D eigenvalue weighted by atomic mass is 10.2. The molecule has 3 aromatic rings. The fourth-order valence-corrected chi connectivity index (χ4v) is 2.49. The summed E-state index contributed by atoms with van der Waals surface area (Å²) in [5, 5.41) is 11.5. The minimum atomic E-state index is 0.171. The highest BCUT2D eigenvalue weighted by Crippen LogP contribution is 2.32. The number of anilines is 1. The van der Waals surface area contributed by atoms with E-state index in [1.165, 1.54) is 4.79 Å². The van der Waals surface area contributed by atoms with Crippen LogP contribution in [0.4, 0.5) is 5.95 Å². The van der Waals surface area contributed by atoms with Gasteiger partial charge in [0.1, 0.15) is 6.61 Å². The molecule has 3 rings (SSSR count). The van der Waals surface area contributed by atoms with E-state index in [-0.39, 0.29) is 5.95 Å². The maximum Gasteiger partial charge on any atom is 0.260 e. The van der Waals surface area contributed by atoms with Gasteiger partial charge in [-0.25, -0.2) is 0 Å². The van der Waals surface area contributed by atoms with Gasteiger partial charge in [0.25, 0.3) is 5.95 Å². The van der Waals surface area contributed by atoms with Crippen LogP contribution in [0, 0.1) is 0 Å². The second kappa shape index (κ2) is 7.71. The second-order valence-corrected chi connectivity index (χ2v) is 5.59. The van der Waals surface area contributed by atoms with Crippen molar-refractivity contribution in [3.05, 3.63) is 58.6 Å². The quantitative estimate of drug-likeness (QED) is 0.666. The van der Waals surface area contributed by atoms with E-state index in [1.807, 2.05) is 42.5 Å². The third-order valence-corrected chi connectivity index (χ3v) is 3.70. The van der Waals surface area contributed by atoms with Crippen LogP contribution in [0.2, 0.25) is 5.02 Å². The van der Waals surface area contributed by atoms with E-state index in [1.54, 1.807) is 7.11 Å². The second-order valence-electron chi connectivity index (χ2n) is 5.15. The number of benzene rings is 2. The van der Waals surface area contributed by atoms with E-state index >= 15 is 0 Å². The van der Waals surface area contributed by atoms with E-state index in [4.69, 9.17) is 26.8 Å². The van der Waals surface area contributed by atoms with E-state index < -0.39 is 0 Å². The van der Waals surface area contributed by atoms with Crippen LogP contribution in [-0.2, 0) is 13.2 Å². The van der Waals surface area contributed by atoms with Crippen LogP contribution in [0.5, 0.6) is 11.5 Å². The third-order valence-electron chi connectivity index (χ3n) is 3.47. The Labute approximate surface area is 149 Å². The molecule has 0 aliphatic rings. The number of nitrogen functional groups attached to an aromatic ring is 1. The van der Waals surface area contributed by atoms with Crippen molar-refractivity contribution in [3.8, 4) is 11.5 Å². The van der Waals surface area contributed by atoms with Gasteiger partial charge in [0.15, 0.2) is 11.5 Å². The number of nitrogens with two attached hydrogens (primary N) is 1. The highest BCUT2D eigenvalue weighted by Gasteiger charge is 2.12. The fraction of sp³-hybridized carbons (Fsp3) is 0.188. The standard InChI is InChI=1S/C16H17ClN6O2/c1-24-14-7-3-5-12(9-19-23-16(18)20-21-22-23)15(14)25-10-11-4-2-6-13(17)8-11/h2-8,19H,9-10H2,1H3,(H2,18,20,22). The molecule has 0 radical (unpaired) electrons. The third kappa shape index (κ3) is 4.10. The van der Waals surface area contributed by atoms with E-state index in [9.17, 15) is 0 Å². The van der Waals surface area contributed by atoms with Gasteiger partial charge in [-0.2, -0.15) is 0 Å². The molecule has 0 aliphatic heterocycles. The largest absolute Gasteiger partial charge is 0.493 e. The van der Waals surface area contributed by atoms with Crippen molar-refractivity contribution in [2.45, 2.75) is 13.2 Å². The number of ether oxygens (including phenoxy) is 2. The van der Waals surface area contributed by atoms with Gasteiger partial charge in [0.05, 0.1) is 13.7 Å². The molecule has 1 heterocycles. The Morgan fingerprint density at radius 2 is 2.08 bits per heavy atom. The smallest absolute Gasteiger partial charge is 0.260 e. The van der Waals surface area contributed by atoms with E-state index in [2.05, 4.69) is 21.0 Å². The van der Waals surface area contributed by atoms with Crippen molar-refractivity contribution in [3.63, 3.8) is 0 Å². The summed E-state index contributed by atoms with van der Waals surface area (Å²) < 4.78 is 11.4. The van der Waals surface area contributed by atoms with E-state index in [0.717, 1.165) is 11.1 Å². The van der Waals surface area contributed by atoms with Crippen LogP contribution < -0.4 is 20.6 Å². The molecule has 8 nitrogen and oxygen atoms in total. The number of aromatic nitrogens is 4. The topological polar surface area (TPSA) is 100 Å². The summed E-state index contributed by atoms with van der Waals surface area (Å²) in [6, 6.07) is 13.1. The number of methoxy groups -OCH3 is 1. The summed E-state index contributed by atoms with van der Waals surface area (Å²) in [4.78, 5) is 1.29. The van der Waals surface area contributed by atoms with Crippen LogP contribution in [0.3, 0.4) is 0 Å². The Morgan fingerprint density at radius 3 is 2.80 bits per heavy atom. The molecule has 0 saturated carbocycles. The molecular weight excluding hydrogens is 344 g/mol. The molecule has 0 unspecified atom stereocenters. The highest BCUT2D eigenvalue weighted by atomic mass is 35.5. The first-order chi connectivity index (χ1) is 12.2. The van der Waals surface area contributed by atoms with Crippen molar-refractivity contribution in [2.75, 3.05) is 18.3 Å². The Bertz CT molecular complexity index is 854. The predicted molar refractivity (Wildman–Crippen MR) is 94.1 cm³/mol. The lowest BCUT2D eigenvalue weighted by Crippen LogP contribution is -2.19. The molecule has 0 fully saturated rings. The van der Waals surface area contributed by atoms with Gasteiger partial charge in [-0.3, -0.25) is 0 Å². The van der Waals surface area contributed by atoms with Crippen LogP contribution >= 0.6 is 11.6 Å². The van der Waals surface area contributed by atoms with Gasteiger partial charge in [-0.05, 0) is 34.2 Å². The average molecular weight is 361 g/mol. The summed E-state index contributed by atoms with van der Waals surface area (Å²) in [6.45, 7) is 0.762. The summed E-state index contributed by atoms with van der Waals surface area (Å²) in [5.74, 6) is 1.43. The molecule has 2 aromatic carbocycles. The number of halogens is 1. The summed E-state index contributed by atoms with van der Waals surface area (Å²) in [6.07, 6.45) is 0. The average Bonchev–Trinajstić information content (AvgIpc) is 3.03. The molecule has 130 valence electrons. The summed E-state index contributed by atoms with van der Waals surface area (Å²) >= 11 is 6.01. The summed E-state index contributed by atoms with van der Waals surface area (Å²) in [7, 11) is 1.60. The zero-order valence-corrected chi connectivity index (χ0v) is 14.3. The normalized spacial score (nSPS) is 10.5. The number of nitrogens with zero attached hydrogens (tertiary/aromatic N) is 4. The van der Waals surface area contributed by atoms with Crippen molar-refractivity contribution in [2.24, 2.45) is 0 Å². The molecular formula is C16H17ClN6O2. The van der Waals surface area contributed by atoms with E-state index in [0.29, 0.717) is 29.7 Å². The van der Waals surface area contributed by atoms with Crippen LogP contribution in [0.25, 0.3) is 0 Å². The van der Waals surface area contributed by atoms with Crippen LogP contribution in [0.15, 0.2) is 42.5 Å². The Morgan fingerprint density at radius 1 is 1.24 bits per heavy atom. The van der Waals surface area contributed by atoms with Gasteiger partial charge in [0, 0.05) is 10.6 Å².